The molecule has 0 radical (unpaired) electrons. The average molecular weight is 493 g/mol. The van der Waals surface area contributed by atoms with Gasteiger partial charge in [0.1, 0.15) is 12.4 Å². The first-order chi connectivity index (χ1) is 12.5. The molecule has 27 heavy (non-hydrogen) atoms. The van der Waals surface area contributed by atoms with Gasteiger partial charge in [-0.2, -0.15) is 0 Å². The Hall–Kier alpha value is -1.06. The molecule has 1 rings (SSSR count). The van der Waals surface area contributed by atoms with Gasteiger partial charge in [-0.1, -0.05) is 26.0 Å². The number of halogens is 1. The van der Waals surface area contributed by atoms with E-state index < -0.39 is 0 Å². The SMILES string of the molecule is CCNC(=NCc1ccc(C)cc1OCCOC)NCC(C)(CC)CO.I. The molecule has 0 amide bonds. The summed E-state index contributed by atoms with van der Waals surface area (Å²) in [7, 11) is 1.66. The van der Waals surface area contributed by atoms with Crippen LogP contribution in [0.5, 0.6) is 5.75 Å². The number of guanidine groups is 1. The lowest BCUT2D eigenvalue weighted by Gasteiger charge is -2.27. The number of nitrogens with zero attached hydrogens (tertiary/aromatic N) is 1. The zero-order valence-electron chi connectivity index (χ0n) is 17.3. The van der Waals surface area contributed by atoms with Crippen molar-refractivity contribution in [3.05, 3.63) is 29.3 Å². The van der Waals surface area contributed by atoms with E-state index >= 15 is 0 Å². The van der Waals surface area contributed by atoms with Crippen LogP contribution in [0.2, 0.25) is 0 Å². The number of aliphatic imine (C=N–C) groups is 1. The lowest BCUT2D eigenvalue weighted by Crippen LogP contribution is -2.43. The maximum Gasteiger partial charge on any atom is 0.191 e. The van der Waals surface area contributed by atoms with Gasteiger partial charge in [0.05, 0.1) is 19.8 Å². The predicted molar refractivity (Wildman–Crippen MR) is 122 cm³/mol. The van der Waals surface area contributed by atoms with E-state index in [1.165, 1.54) is 0 Å². The topological polar surface area (TPSA) is 75.1 Å². The molecule has 1 unspecified atom stereocenters. The quantitative estimate of drug-likeness (QED) is 0.191. The fourth-order valence-electron chi connectivity index (χ4n) is 2.26. The summed E-state index contributed by atoms with van der Waals surface area (Å²) in [5, 5.41) is 16.2. The van der Waals surface area contributed by atoms with E-state index in [2.05, 4.69) is 41.6 Å². The van der Waals surface area contributed by atoms with Crippen molar-refractivity contribution in [1.82, 2.24) is 10.6 Å². The number of nitrogens with one attached hydrogen (secondary N) is 2. The van der Waals surface area contributed by atoms with Gasteiger partial charge in [-0.25, -0.2) is 4.99 Å². The van der Waals surface area contributed by atoms with Crippen LogP contribution in [0.1, 0.15) is 38.3 Å². The minimum Gasteiger partial charge on any atom is -0.491 e. The lowest BCUT2D eigenvalue weighted by atomic mass is 9.89. The molecular weight excluding hydrogens is 457 g/mol. The van der Waals surface area contributed by atoms with Crippen molar-refractivity contribution in [2.24, 2.45) is 10.4 Å². The molecule has 3 N–H and O–H groups in total. The monoisotopic (exact) mass is 493 g/mol. The number of aliphatic hydroxyl groups is 1. The van der Waals surface area contributed by atoms with E-state index in [1.807, 2.05) is 19.9 Å². The summed E-state index contributed by atoms with van der Waals surface area (Å²) >= 11 is 0. The molecule has 6 nitrogen and oxygen atoms in total. The number of aliphatic hydroxyl groups excluding tert-OH is 1. The zero-order valence-corrected chi connectivity index (χ0v) is 19.6. The van der Waals surface area contributed by atoms with Crippen LogP contribution in [0.25, 0.3) is 0 Å². The standard InChI is InChI=1S/C20H35N3O3.HI/c1-6-20(4,15-24)14-23-19(21-7-2)22-13-17-9-8-16(3)12-18(17)26-11-10-25-5;/h8-9,12,24H,6-7,10-11,13-15H2,1-5H3,(H2,21,22,23);1H. The Labute approximate surface area is 181 Å². The fraction of sp³-hybridized carbons (Fsp3) is 0.650. The Morgan fingerprint density at radius 3 is 2.56 bits per heavy atom. The molecular formula is C20H36IN3O3. The van der Waals surface area contributed by atoms with Crippen LogP contribution >= 0.6 is 24.0 Å². The molecule has 7 heteroatoms. The highest BCUT2D eigenvalue weighted by molar-refractivity contribution is 14.0. The third-order valence-corrected chi connectivity index (χ3v) is 4.44. The molecule has 0 bridgehead atoms. The Morgan fingerprint density at radius 2 is 1.96 bits per heavy atom. The molecule has 0 fully saturated rings. The van der Waals surface area contributed by atoms with Crippen molar-refractivity contribution < 1.29 is 14.6 Å². The number of hydrogen-bond donors (Lipinski definition) is 3. The Morgan fingerprint density at radius 1 is 1.22 bits per heavy atom. The zero-order chi connectivity index (χ0) is 19.4. The molecule has 156 valence electrons. The highest BCUT2D eigenvalue weighted by Gasteiger charge is 2.21. The third kappa shape index (κ3) is 9.62. The van der Waals surface area contributed by atoms with Gasteiger partial charge in [0.2, 0.25) is 0 Å². The first-order valence-corrected chi connectivity index (χ1v) is 9.32. The molecule has 0 saturated heterocycles. The van der Waals surface area contributed by atoms with Crippen LogP contribution in [0.15, 0.2) is 23.2 Å². The smallest absolute Gasteiger partial charge is 0.191 e. The largest absolute Gasteiger partial charge is 0.491 e. The van der Waals surface area contributed by atoms with Gasteiger partial charge in [-0.05, 0) is 31.9 Å². The number of benzene rings is 1. The van der Waals surface area contributed by atoms with Gasteiger partial charge in [0.15, 0.2) is 5.96 Å². The molecule has 0 spiro atoms. The first-order valence-electron chi connectivity index (χ1n) is 9.32. The molecule has 0 aliphatic rings. The first kappa shape index (κ1) is 25.9. The van der Waals surface area contributed by atoms with Crippen LogP contribution < -0.4 is 15.4 Å². The van der Waals surface area contributed by atoms with Gasteiger partial charge in [0, 0.05) is 31.2 Å². The molecule has 1 aromatic carbocycles. The van der Waals surface area contributed by atoms with Crippen molar-refractivity contribution in [2.75, 3.05) is 40.0 Å². The highest BCUT2D eigenvalue weighted by Crippen LogP contribution is 2.21. The van der Waals surface area contributed by atoms with Gasteiger partial charge in [-0.15, -0.1) is 24.0 Å². The summed E-state index contributed by atoms with van der Waals surface area (Å²) in [6.45, 7) is 11.4. The molecule has 0 aromatic heterocycles. The summed E-state index contributed by atoms with van der Waals surface area (Å²) in [4.78, 5) is 4.68. The van der Waals surface area contributed by atoms with Gasteiger partial charge in [-0.3, -0.25) is 0 Å². The van der Waals surface area contributed by atoms with Crippen molar-refractivity contribution in [1.29, 1.82) is 0 Å². The Bertz CT molecular complexity index is 563. The van der Waals surface area contributed by atoms with Crippen LogP contribution in [0.3, 0.4) is 0 Å². The van der Waals surface area contributed by atoms with Gasteiger partial charge < -0.3 is 25.2 Å². The second-order valence-corrected chi connectivity index (χ2v) is 6.82. The molecule has 0 aliphatic carbocycles. The van der Waals surface area contributed by atoms with Gasteiger partial charge in [0.25, 0.3) is 0 Å². The second kappa shape index (κ2) is 14.0. The van der Waals surface area contributed by atoms with Crippen LogP contribution in [-0.2, 0) is 11.3 Å². The maximum absolute atomic E-state index is 9.57. The Balaban J connectivity index is 0.00000676. The van der Waals surface area contributed by atoms with Crippen molar-refractivity contribution >= 4 is 29.9 Å². The third-order valence-electron chi connectivity index (χ3n) is 4.44. The van der Waals surface area contributed by atoms with E-state index in [0.717, 1.165) is 35.8 Å². The molecule has 0 aliphatic heterocycles. The summed E-state index contributed by atoms with van der Waals surface area (Å²) < 4.78 is 10.9. The minimum absolute atomic E-state index is 0. The maximum atomic E-state index is 9.57. The molecule has 1 atom stereocenters. The van der Waals surface area contributed by atoms with Crippen LogP contribution in [0.4, 0.5) is 0 Å². The van der Waals surface area contributed by atoms with Crippen LogP contribution in [0, 0.1) is 12.3 Å². The number of rotatable bonds is 11. The van der Waals surface area contributed by atoms with Crippen molar-refractivity contribution in [2.45, 2.75) is 40.7 Å². The molecule has 0 saturated carbocycles. The normalized spacial score (nSPS) is 13.5. The molecule has 0 heterocycles. The summed E-state index contributed by atoms with van der Waals surface area (Å²) in [6.07, 6.45) is 0.894. The number of ether oxygens (including phenoxy) is 2. The summed E-state index contributed by atoms with van der Waals surface area (Å²) in [6, 6.07) is 6.14. The van der Waals surface area contributed by atoms with E-state index in [0.29, 0.717) is 26.3 Å². The number of hydrogen-bond acceptors (Lipinski definition) is 4. The number of methoxy groups -OCH3 is 1. The van der Waals surface area contributed by atoms with Gasteiger partial charge >= 0.3 is 0 Å². The van der Waals surface area contributed by atoms with E-state index in [9.17, 15) is 5.11 Å². The van der Waals surface area contributed by atoms with E-state index in [1.54, 1.807) is 7.11 Å². The van der Waals surface area contributed by atoms with Crippen molar-refractivity contribution in [3.8, 4) is 5.75 Å². The summed E-state index contributed by atoms with van der Waals surface area (Å²) in [5.41, 5.74) is 2.02. The lowest BCUT2D eigenvalue weighted by molar-refractivity contribution is 0.140. The Kier molecular flexibility index (Phi) is 13.5. The van der Waals surface area contributed by atoms with E-state index in [4.69, 9.17) is 9.47 Å². The van der Waals surface area contributed by atoms with Crippen LogP contribution in [-0.4, -0.2) is 51.1 Å². The highest BCUT2D eigenvalue weighted by atomic mass is 127. The summed E-state index contributed by atoms with van der Waals surface area (Å²) in [5.74, 6) is 1.58. The number of aryl methyl sites for hydroxylation is 1. The molecule has 1 aromatic rings. The average Bonchev–Trinajstić information content (AvgIpc) is 2.65. The van der Waals surface area contributed by atoms with E-state index in [-0.39, 0.29) is 36.0 Å². The fourth-order valence-corrected chi connectivity index (χ4v) is 2.26. The van der Waals surface area contributed by atoms with Crippen molar-refractivity contribution in [3.63, 3.8) is 0 Å². The minimum atomic E-state index is -0.158. The second-order valence-electron chi connectivity index (χ2n) is 6.82. The predicted octanol–water partition coefficient (Wildman–Crippen LogP) is 3.10.